The summed E-state index contributed by atoms with van der Waals surface area (Å²) in [6.07, 6.45) is 5.96. The van der Waals surface area contributed by atoms with E-state index in [2.05, 4.69) is 35.7 Å². The Labute approximate surface area is 141 Å². The van der Waals surface area contributed by atoms with Crippen LogP contribution in [-0.4, -0.2) is 4.98 Å². The predicted molar refractivity (Wildman–Crippen MR) is 97.9 cm³/mol. The first-order valence-corrected chi connectivity index (χ1v) is 9.07. The summed E-state index contributed by atoms with van der Waals surface area (Å²) in [6.45, 7) is 0. The molecule has 3 aromatic rings. The van der Waals surface area contributed by atoms with Crippen LogP contribution in [0.2, 0.25) is 0 Å². The summed E-state index contributed by atoms with van der Waals surface area (Å²) in [5, 5.41) is 3.33. The second-order valence-electron chi connectivity index (χ2n) is 6.24. The summed E-state index contributed by atoms with van der Waals surface area (Å²) in [4.78, 5) is 4.83. The smallest absolute Gasteiger partial charge is 0.0976 e. The highest BCUT2D eigenvalue weighted by Gasteiger charge is 2.12. The second-order valence-corrected chi connectivity index (χ2v) is 7.18. The number of thiazole rings is 1. The minimum Gasteiger partial charge on any atom is -0.399 e. The molecule has 0 fully saturated rings. The van der Waals surface area contributed by atoms with Gasteiger partial charge in [0.1, 0.15) is 0 Å². The molecule has 2 aromatic carbocycles. The molecule has 23 heavy (non-hydrogen) atoms. The van der Waals surface area contributed by atoms with Crippen LogP contribution in [0, 0.1) is 0 Å². The molecule has 1 aliphatic carbocycles. The molecule has 1 aromatic heterocycles. The van der Waals surface area contributed by atoms with Crippen LogP contribution >= 0.6 is 11.3 Å². The van der Waals surface area contributed by atoms with Crippen LogP contribution in [0.25, 0.3) is 11.3 Å². The minimum absolute atomic E-state index is 0.808. The van der Waals surface area contributed by atoms with Crippen molar-refractivity contribution < 1.29 is 0 Å². The summed E-state index contributed by atoms with van der Waals surface area (Å²) in [5.74, 6) is 0. The molecular weight excluding hydrogens is 300 g/mol. The summed E-state index contributed by atoms with van der Waals surface area (Å²) in [7, 11) is 0. The molecule has 0 aliphatic heterocycles. The van der Waals surface area contributed by atoms with Crippen LogP contribution in [0.4, 0.5) is 5.69 Å². The molecule has 0 spiro atoms. The quantitative estimate of drug-likeness (QED) is 0.700. The molecule has 1 heterocycles. The molecule has 0 radical (unpaired) electrons. The molecule has 0 unspecified atom stereocenters. The Morgan fingerprint density at radius 3 is 2.57 bits per heavy atom. The number of aromatic nitrogens is 1. The van der Waals surface area contributed by atoms with E-state index < -0.39 is 0 Å². The number of benzene rings is 2. The number of aryl methyl sites for hydroxylation is 2. The Bertz CT molecular complexity index is 818. The highest BCUT2D eigenvalue weighted by molar-refractivity contribution is 7.10. The Hall–Kier alpha value is -2.13. The maximum absolute atomic E-state index is 5.74. The van der Waals surface area contributed by atoms with E-state index in [1.54, 1.807) is 11.3 Å². The van der Waals surface area contributed by atoms with Gasteiger partial charge in [-0.3, -0.25) is 0 Å². The van der Waals surface area contributed by atoms with Crippen LogP contribution < -0.4 is 5.73 Å². The molecule has 116 valence electrons. The third kappa shape index (κ3) is 3.15. The van der Waals surface area contributed by atoms with Crippen molar-refractivity contribution in [2.45, 2.75) is 32.1 Å². The number of rotatable bonds is 3. The third-order valence-electron chi connectivity index (χ3n) is 4.53. The first-order chi connectivity index (χ1) is 11.3. The van der Waals surface area contributed by atoms with E-state index in [9.17, 15) is 0 Å². The zero-order valence-electron chi connectivity index (χ0n) is 13.1. The lowest BCUT2D eigenvalue weighted by Crippen LogP contribution is -2.02. The van der Waals surface area contributed by atoms with E-state index in [1.807, 2.05) is 12.1 Å². The second kappa shape index (κ2) is 6.17. The minimum atomic E-state index is 0.808. The van der Waals surface area contributed by atoms with Gasteiger partial charge in [0.15, 0.2) is 0 Å². The molecule has 2 N–H and O–H groups in total. The van der Waals surface area contributed by atoms with E-state index in [0.717, 1.165) is 22.8 Å². The fourth-order valence-electron chi connectivity index (χ4n) is 3.23. The zero-order chi connectivity index (χ0) is 15.6. The summed E-state index contributed by atoms with van der Waals surface area (Å²) in [6, 6.07) is 14.9. The monoisotopic (exact) mass is 320 g/mol. The van der Waals surface area contributed by atoms with E-state index in [0.29, 0.717) is 0 Å². The van der Waals surface area contributed by atoms with Crippen LogP contribution in [-0.2, 0) is 19.3 Å². The molecule has 0 saturated heterocycles. The van der Waals surface area contributed by atoms with Gasteiger partial charge in [-0.05, 0) is 60.6 Å². The first-order valence-electron chi connectivity index (χ1n) is 8.19. The Morgan fingerprint density at radius 2 is 1.74 bits per heavy atom. The van der Waals surface area contributed by atoms with Crippen molar-refractivity contribution in [2.24, 2.45) is 0 Å². The van der Waals surface area contributed by atoms with Crippen LogP contribution in [0.3, 0.4) is 0 Å². The molecular formula is C20H20N2S. The number of anilines is 1. The summed E-state index contributed by atoms with van der Waals surface area (Å²) >= 11 is 1.74. The van der Waals surface area contributed by atoms with Crippen LogP contribution in [0.5, 0.6) is 0 Å². The van der Waals surface area contributed by atoms with E-state index in [1.165, 1.54) is 47.9 Å². The number of nitrogens with zero attached hydrogens (tertiary/aromatic N) is 1. The third-order valence-corrected chi connectivity index (χ3v) is 5.38. The molecule has 3 heteroatoms. The Morgan fingerprint density at radius 1 is 0.957 bits per heavy atom. The Balaban J connectivity index is 1.56. The van der Waals surface area contributed by atoms with Crippen LogP contribution in [0.1, 0.15) is 34.5 Å². The van der Waals surface area contributed by atoms with Gasteiger partial charge in [0.25, 0.3) is 0 Å². The highest BCUT2D eigenvalue weighted by atomic mass is 32.1. The van der Waals surface area contributed by atoms with Crippen molar-refractivity contribution in [1.82, 2.24) is 4.98 Å². The van der Waals surface area contributed by atoms with E-state index in [-0.39, 0.29) is 0 Å². The van der Waals surface area contributed by atoms with Crippen LogP contribution in [0.15, 0.2) is 47.8 Å². The van der Waals surface area contributed by atoms with Gasteiger partial charge < -0.3 is 5.73 Å². The van der Waals surface area contributed by atoms with E-state index in [4.69, 9.17) is 10.7 Å². The van der Waals surface area contributed by atoms with Crippen molar-refractivity contribution in [2.75, 3.05) is 5.73 Å². The zero-order valence-corrected chi connectivity index (χ0v) is 13.9. The van der Waals surface area contributed by atoms with Gasteiger partial charge in [0.05, 0.1) is 10.7 Å². The highest BCUT2D eigenvalue weighted by Crippen LogP contribution is 2.29. The largest absolute Gasteiger partial charge is 0.399 e. The molecule has 0 bridgehead atoms. The van der Waals surface area contributed by atoms with Gasteiger partial charge in [0.2, 0.25) is 0 Å². The van der Waals surface area contributed by atoms with Gasteiger partial charge in [0, 0.05) is 23.1 Å². The molecule has 0 atom stereocenters. The number of hydrogen-bond acceptors (Lipinski definition) is 3. The summed E-state index contributed by atoms with van der Waals surface area (Å²) in [5.41, 5.74) is 13.2. The SMILES string of the molecule is Nc1ccc(Cc2nc(-c3ccc4c(c3)CCCC4)cs2)cc1. The maximum Gasteiger partial charge on any atom is 0.0976 e. The number of nitrogens with two attached hydrogens (primary N) is 1. The first kappa shape index (κ1) is 14.5. The van der Waals surface area contributed by atoms with Crippen molar-refractivity contribution in [3.8, 4) is 11.3 Å². The molecule has 0 saturated carbocycles. The van der Waals surface area contributed by atoms with Gasteiger partial charge >= 0.3 is 0 Å². The fourth-order valence-corrected chi connectivity index (χ4v) is 4.07. The lowest BCUT2D eigenvalue weighted by molar-refractivity contribution is 0.686. The van der Waals surface area contributed by atoms with Gasteiger partial charge in [-0.25, -0.2) is 4.98 Å². The standard InChI is InChI=1S/C20H20N2S/c21-18-9-5-14(6-10-18)11-20-22-19(13-23-20)17-8-7-15-3-1-2-4-16(15)12-17/h5-10,12-13H,1-4,11,21H2. The number of fused-ring (bicyclic) bond motifs is 1. The molecule has 2 nitrogen and oxygen atoms in total. The summed E-state index contributed by atoms with van der Waals surface area (Å²) < 4.78 is 0. The maximum atomic E-state index is 5.74. The van der Waals surface area contributed by atoms with Crippen molar-refractivity contribution in [3.05, 3.63) is 69.5 Å². The lowest BCUT2D eigenvalue weighted by Gasteiger charge is -2.16. The predicted octanol–water partition coefficient (Wildman–Crippen LogP) is 4.86. The van der Waals surface area contributed by atoms with Gasteiger partial charge in [-0.2, -0.15) is 0 Å². The normalized spacial score (nSPS) is 13.7. The average molecular weight is 320 g/mol. The van der Waals surface area contributed by atoms with Crippen molar-refractivity contribution >= 4 is 17.0 Å². The van der Waals surface area contributed by atoms with Crippen molar-refractivity contribution in [1.29, 1.82) is 0 Å². The fraction of sp³-hybridized carbons (Fsp3) is 0.250. The van der Waals surface area contributed by atoms with Gasteiger partial charge in [-0.15, -0.1) is 11.3 Å². The Kier molecular flexibility index (Phi) is 3.88. The van der Waals surface area contributed by atoms with E-state index >= 15 is 0 Å². The topological polar surface area (TPSA) is 38.9 Å². The molecule has 4 rings (SSSR count). The van der Waals surface area contributed by atoms with Gasteiger partial charge in [-0.1, -0.05) is 24.3 Å². The molecule has 0 amide bonds. The average Bonchev–Trinajstić information content (AvgIpc) is 3.05. The number of nitrogen functional groups attached to an aromatic ring is 1. The van der Waals surface area contributed by atoms with Crippen molar-refractivity contribution in [3.63, 3.8) is 0 Å². The molecule has 1 aliphatic rings. The number of hydrogen-bond donors (Lipinski definition) is 1. The lowest BCUT2D eigenvalue weighted by atomic mass is 9.90.